The van der Waals surface area contributed by atoms with Gasteiger partial charge in [0.15, 0.2) is 11.5 Å². The van der Waals surface area contributed by atoms with Crippen LogP contribution >= 0.6 is 11.3 Å². The summed E-state index contributed by atoms with van der Waals surface area (Å²) in [5.74, 6) is 1.63. The number of nitrogens with zero attached hydrogens (tertiary/aromatic N) is 8. The largest absolute Gasteiger partial charge is 0.494 e. The van der Waals surface area contributed by atoms with E-state index in [2.05, 4.69) is 49.2 Å². The van der Waals surface area contributed by atoms with E-state index in [1.165, 1.54) is 37.3 Å². The lowest BCUT2D eigenvalue weighted by Gasteiger charge is -2.42. The highest BCUT2D eigenvalue weighted by Gasteiger charge is 2.32. The number of nitrogens with one attached hydrogen (secondary N) is 1. The molecule has 5 heterocycles. The van der Waals surface area contributed by atoms with Crippen molar-refractivity contribution in [3.63, 3.8) is 0 Å². The number of piperidine rings is 1. The summed E-state index contributed by atoms with van der Waals surface area (Å²) in [6, 6.07) is 6.93. The molecule has 2 saturated heterocycles. The van der Waals surface area contributed by atoms with E-state index in [4.69, 9.17) is 9.72 Å². The van der Waals surface area contributed by atoms with E-state index in [1.807, 2.05) is 24.9 Å². The van der Waals surface area contributed by atoms with Crippen LogP contribution in [0, 0.1) is 6.92 Å². The van der Waals surface area contributed by atoms with Gasteiger partial charge in [-0.2, -0.15) is 4.98 Å². The fraction of sp³-hybridized carbons (Fsp3) is 0.500. The van der Waals surface area contributed by atoms with Gasteiger partial charge in [0.25, 0.3) is 5.91 Å². The molecule has 3 aliphatic rings. The minimum Gasteiger partial charge on any atom is -0.494 e. The zero-order valence-electron chi connectivity index (χ0n) is 23.8. The third-order valence-electron chi connectivity index (χ3n) is 8.27. The SMILES string of the molecule is COc1cc(N2CCC(N3CCN(C)CC3)CC2)ccc1Nc1ncc2c(n1)N(C)c1sc(C)nc1C(=O)N2C. The van der Waals surface area contributed by atoms with Gasteiger partial charge in [0, 0.05) is 71.2 Å². The van der Waals surface area contributed by atoms with Crippen LogP contribution in [0.3, 0.4) is 0 Å². The average molecular weight is 564 g/mol. The minimum absolute atomic E-state index is 0.168. The topological polar surface area (TPSA) is 93.2 Å². The van der Waals surface area contributed by atoms with E-state index in [0.29, 0.717) is 29.2 Å². The average Bonchev–Trinajstić information content (AvgIpc) is 3.35. The van der Waals surface area contributed by atoms with Crippen molar-refractivity contribution in [3.05, 3.63) is 35.1 Å². The fourth-order valence-electron chi connectivity index (χ4n) is 5.83. The summed E-state index contributed by atoms with van der Waals surface area (Å²) >= 11 is 1.48. The van der Waals surface area contributed by atoms with Gasteiger partial charge in [-0.3, -0.25) is 9.69 Å². The number of amides is 1. The molecule has 12 heteroatoms. The van der Waals surface area contributed by atoms with Gasteiger partial charge >= 0.3 is 0 Å². The molecule has 0 saturated carbocycles. The second-order valence-corrected chi connectivity index (χ2v) is 12.0. The maximum absolute atomic E-state index is 13.0. The number of thiazole rings is 1. The van der Waals surface area contributed by atoms with Crippen LogP contribution in [0.25, 0.3) is 0 Å². The first kappa shape index (κ1) is 26.7. The monoisotopic (exact) mass is 563 g/mol. The third-order valence-corrected chi connectivity index (χ3v) is 9.32. The number of carbonyl (C=O) groups is 1. The molecule has 1 amide bonds. The first-order valence-electron chi connectivity index (χ1n) is 13.8. The van der Waals surface area contributed by atoms with Crippen LogP contribution in [0.15, 0.2) is 24.4 Å². The molecule has 3 aliphatic heterocycles. The highest BCUT2D eigenvalue weighted by atomic mass is 32.1. The van der Waals surface area contributed by atoms with Crippen molar-refractivity contribution in [2.75, 3.05) is 87.5 Å². The highest BCUT2D eigenvalue weighted by molar-refractivity contribution is 7.16. The second kappa shape index (κ2) is 10.8. The van der Waals surface area contributed by atoms with E-state index in [1.54, 1.807) is 25.3 Å². The fourth-order valence-corrected chi connectivity index (χ4v) is 6.70. The van der Waals surface area contributed by atoms with Gasteiger partial charge in [0.1, 0.15) is 16.4 Å². The molecule has 0 spiro atoms. The van der Waals surface area contributed by atoms with Crippen molar-refractivity contribution < 1.29 is 9.53 Å². The Hall–Kier alpha value is -3.48. The number of ether oxygens (including phenoxy) is 1. The number of rotatable bonds is 5. The molecular weight excluding hydrogens is 526 g/mol. The Kier molecular flexibility index (Phi) is 7.24. The molecule has 6 rings (SSSR count). The van der Waals surface area contributed by atoms with Crippen molar-refractivity contribution in [1.82, 2.24) is 24.8 Å². The van der Waals surface area contributed by atoms with Crippen LogP contribution in [0.2, 0.25) is 0 Å². The van der Waals surface area contributed by atoms with E-state index >= 15 is 0 Å². The van der Waals surface area contributed by atoms with Gasteiger partial charge < -0.3 is 29.7 Å². The van der Waals surface area contributed by atoms with Crippen LogP contribution in [0.4, 0.5) is 33.8 Å². The summed E-state index contributed by atoms with van der Waals surface area (Å²) in [7, 11) is 7.53. The number of carbonyl (C=O) groups excluding carboxylic acids is 1. The molecule has 0 bridgehead atoms. The summed E-state index contributed by atoms with van der Waals surface area (Å²) in [6.07, 6.45) is 4.04. The lowest BCUT2D eigenvalue weighted by atomic mass is 10.0. The number of aryl methyl sites for hydroxylation is 1. The Morgan fingerprint density at radius 3 is 2.48 bits per heavy atom. The van der Waals surface area contributed by atoms with Crippen LogP contribution in [-0.4, -0.2) is 104 Å². The van der Waals surface area contributed by atoms with Crippen molar-refractivity contribution in [2.24, 2.45) is 0 Å². The Bertz CT molecular complexity index is 1400. The standard InChI is InChI=1S/C28H37N9O2S/c1-18-30-24-26(38)34(3)22-17-29-28(32-25(22)35(4)27(24)40-18)31-21-7-6-20(16-23(21)39-5)36-10-8-19(9-11-36)37-14-12-33(2)13-15-37/h6-7,16-17,19H,8-15H2,1-5H3,(H,29,31,32). The summed E-state index contributed by atoms with van der Waals surface area (Å²) in [6.45, 7) is 8.66. The molecule has 1 N–H and O–H groups in total. The number of anilines is 6. The van der Waals surface area contributed by atoms with Gasteiger partial charge in [-0.05, 0) is 38.9 Å². The molecule has 0 radical (unpaired) electrons. The van der Waals surface area contributed by atoms with E-state index < -0.39 is 0 Å². The van der Waals surface area contributed by atoms with E-state index in [-0.39, 0.29) is 5.91 Å². The lowest BCUT2D eigenvalue weighted by molar-refractivity contribution is 0.0982. The molecule has 0 aliphatic carbocycles. The van der Waals surface area contributed by atoms with Crippen LogP contribution in [0.5, 0.6) is 5.75 Å². The molecule has 0 unspecified atom stereocenters. The molecule has 0 atom stereocenters. The van der Waals surface area contributed by atoms with Gasteiger partial charge in [-0.1, -0.05) is 0 Å². The van der Waals surface area contributed by atoms with E-state index in [9.17, 15) is 4.79 Å². The molecule has 1 aromatic carbocycles. The number of hydrogen-bond acceptors (Lipinski definition) is 11. The Labute approximate surface area is 239 Å². The maximum Gasteiger partial charge on any atom is 0.279 e. The Morgan fingerprint density at radius 1 is 1.00 bits per heavy atom. The van der Waals surface area contributed by atoms with E-state index in [0.717, 1.165) is 53.3 Å². The number of piperazine rings is 1. The molecule has 2 aromatic heterocycles. The number of aromatic nitrogens is 3. The molecule has 11 nitrogen and oxygen atoms in total. The quantitative estimate of drug-likeness (QED) is 0.497. The number of benzene rings is 1. The van der Waals surface area contributed by atoms with Crippen molar-refractivity contribution in [3.8, 4) is 5.75 Å². The molecule has 40 heavy (non-hydrogen) atoms. The normalized spacial score (nSPS) is 18.9. The number of fused-ring (bicyclic) bond motifs is 2. The van der Waals surface area contributed by atoms with Gasteiger partial charge in [0.2, 0.25) is 5.95 Å². The molecule has 3 aromatic rings. The smallest absolute Gasteiger partial charge is 0.279 e. The van der Waals surface area contributed by atoms with Crippen molar-refractivity contribution in [1.29, 1.82) is 0 Å². The first-order valence-corrected chi connectivity index (χ1v) is 14.6. The molecule has 2 fully saturated rings. The third kappa shape index (κ3) is 4.95. The summed E-state index contributed by atoms with van der Waals surface area (Å²) in [4.78, 5) is 37.8. The summed E-state index contributed by atoms with van der Waals surface area (Å²) in [5.41, 5.74) is 3.01. The lowest BCUT2D eigenvalue weighted by Crippen LogP contribution is -2.52. The number of hydrogen-bond donors (Lipinski definition) is 1. The number of methoxy groups -OCH3 is 1. The van der Waals surface area contributed by atoms with Gasteiger partial charge in [-0.15, -0.1) is 11.3 Å². The summed E-state index contributed by atoms with van der Waals surface area (Å²) in [5, 5.41) is 4.94. The van der Waals surface area contributed by atoms with Crippen molar-refractivity contribution >= 4 is 51.1 Å². The predicted molar refractivity (Wildman–Crippen MR) is 160 cm³/mol. The van der Waals surface area contributed by atoms with Crippen molar-refractivity contribution in [2.45, 2.75) is 25.8 Å². The highest BCUT2D eigenvalue weighted by Crippen LogP contribution is 2.41. The zero-order chi connectivity index (χ0) is 28.0. The van der Waals surface area contributed by atoms with Crippen LogP contribution in [0.1, 0.15) is 28.3 Å². The van der Waals surface area contributed by atoms with Gasteiger partial charge in [0.05, 0.1) is 24.0 Å². The number of likely N-dealkylation sites (N-methyl/N-ethyl adjacent to an activating group) is 1. The molecule has 212 valence electrons. The second-order valence-electron chi connectivity index (χ2n) is 10.8. The zero-order valence-corrected chi connectivity index (χ0v) is 24.7. The Morgan fingerprint density at radius 2 is 1.75 bits per heavy atom. The first-order chi connectivity index (χ1) is 19.3. The molecular formula is C28H37N9O2S. The van der Waals surface area contributed by atoms with Gasteiger partial charge in [-0.25, -0.2) is 9.97 Å². The van der Waals surface area contributed by atoms with Crippen LogP contribution < -0.4 is 24.8 Å². The van der Waals surface area contributed by atoms with Crippen LogP contribution in [-0.2, 0) is 0 Å². The minimum atomic E-state index is -0.168. The predicted octanol–water partition coefficient (Wildman–Crippen LogP) is 3.57. The Balaban J connectivity index is 1.18. The maximum atomic E-state index is 13.0. The summed E-state index contributed by atoms with van der Waals surface area (Å²) < 4.78 is 5.78.